The average molecular weight is 301 g/mol. The summed E-state index contributed by atoms with van der Waals surface area (Å²) in [6.07, 6.45) is 1.63. The van der Waals surface area contributed by atoms with E-state index >= 15 is 0 Å². The van der Waals surface area contributed by atoms with Gasteiger partial charge in [0.1, 0.15) is 12.1 Å². The topological polar surface area (TPSA) is 89.9 Å². The molecule has 0 aliphatic heterocycles. The van der Waals surface area contributed by atoms with Crippen LogP contribution in [0.25, 0.3) is 5.52 Å². The SMILES string of the molecule is Nc1cccn2c(COc3ccccc3F)nc(C(=O)O)c12. The monoisotopic (exact) mass is 301 g/mol. The lowest BCUT2D eigenvalue weighted by Gasteiger charge is -2.06. The van der Waals surface area contributed by atoms with Crippen molar-refractivity contribution in [1.82, 2.24) is 9.38 Å². The van der Waals surface area contributed by atoms with Gasteiger partial charge in [-0.1, -0.05) is 12.1 Å². The molecule has 0 saturated carbocycles. The Hall–Kier alpha value is -3.09. The summed E-state index contributed by atoms with van der Waals surface area (Å²) in [4.78, 5) is 15.3. The fourth-order valence-corrected chi connectivity index (χ4v) is 2.18. The van der Waals surface area contributed by atoms with Gasteiger partial charge in [0.2, 0.25) is 0 Å². The van der Waals surface area contributed by atoms with E-state index in [0.29, 0.717) is 17.0 Å². The van der Waals surface area contributed by atoms with Crippen LogP contribution in [0.5, 0.6) is 5.75 Å². The Balaban J connectivity index is 2.00. The molecule has 3 N–H and O–H groups in total. The van der Waals surface area contributed by atoms with Gasteiger partial charge < -0.3 is 15.6 Å². The summed E-state index contributed by atoms with van der Waals surface area (Å²) in [6.45, 7) is -0.0845. The van der Waals surface area contributed by atoms with Gasteiger partial charge in [-0.3, -0.25) is 4.40 Å². The molecule has 2 heterocycles. The quantitative estimate of drug-likeness (QED) is 0.772. The molecule has 112 valence electrons. The van der Waals surface area contributed by atoms with E-state index in [4.69, 9.17) is 10.5 Å². The molecule has 0 unspecified atom stereocenters. The number of carboxylic acid groups (broad SMARTS) is 1. The molecular weight excluding hydrogens is 289 g/mol. The highest BCUT2D eigenvalue weighted by molar-refractivity contribution is 5.97. The zero-order valence-corrected chi connectivity index (χ0v) is 11.4. The molecule has 7 heteroatoms. The molecule has 6 nitrogen and oxygen atoms in total. The van der Waals surface area contributed by atoms with E-state index in [0.717, 1.165) is 0 Å². The number of halogens is 1. The zero-order valence-electron chi connectivity index (χ0n) is 11.4. The number of rotatable bonds is 4. The van der Waals surface area contributed by atoms with E-state index in [-0.39, 0.29) is 18.1 Å². The molecule has 0 aliphatic carbocycles. The number of imidazole rings is 1. The summed E-state index contributed by atoms with van der Waals surface area (Å²) in [5, 5.41) is 9.22. The standard InChI is InChI=1S/C15H12FN3O3/c16-9-4-1-2-6-11(9)22-8-12-18-13(15(20)21)14-10(17)5-3-7-19(12)14/h1-7H,8,17H2,(H,20,21). The van der Waals surface area contributed by atoms with Crippen LogP contribution in [0.1, 0.15) is 16.3 Å². The van der Waals surface area contributed by atoms with Gasteiger partial charge in [0.25, 0.3) is 0 Å². The van der Waals surface area contributed by atoms with E-state index in [9.17, 15) is 14.3 Å². The van der Waals surface area contributed by atoms with Crippen molar-refractivity contribution in [3.05, 3.63) is 59.9 Å². The second-order valence-electron chi connectivity index (χ2n) is 4.58. The third-order valence-corrected chi connectivity index (χ3v) is 3.16. The molecule has 0 fully saturated rings. The Bertz CT molecular complexity index is 860. The number of pyridine rings is 1. The van der Waals surface area contributed by atoms with Crippen molar-refractivity contribution < 1.29 is 19.0 Å². The summed E-state index contributed by atoms with van der Waals surface area (Å²) >= 11 is 0. The minimum atomic E-state index is -1.19. The second kappa shape index (κ2) is 5.36. The van der Waals surface area contributed by atoms with Crippen molar-refractivity contribution in [1.29, 1.82) is 0 Å². The number of para-hydroxylation sites is 1. The Morgan fingerprint density at radius 3 is 2.82 bits per heavy atom. The summed E-state index contributed by atoms with van der Waals surface area (Å²) in [5.41, 5.74) is 6.24. The average Bonchev–Trinajstić information content (AvgIpc) is 2.87. The maximum absolute atomic E-state index is 13.5. The van der Waals surface area contributed by atoms with Gasteiger partial charge in [0.15, 0.2) is 23.1 Å². The summed E-state index contributed by atoms with van der Waals surface area (Å²) < 4.78 is 20.4. The summed E-state index contributed by atoms with van der Waals surface area (Å²) in [6, 6.07) is 9.21. The fourth-order valence-electron chi connectivity index (χ4n) is 2.18. The van der Waals surface area contributed by atoms with Crippen LogP contribution in [0, 0.1) is 5.82 Å². The number of ether oxygens (including phenoxy) is 1. The smallest absolute Gasteiger partial charge is 0.356 e. The van der Waals surface area contributed by atoms with Crippen LogP contribution in [0.15, 0.2) is 42.6 Å². The first-order chi connectivity index (χ1) is 10.6. The van der Waals surface area contributed by atoms with E-state index in [1.165, 1.54) is 16.5 Å². The largest absolute Gasteiger partial charge is 0.483 e. The van der Waals surface area contributed by atoms with Crippen LogP contribution in [0.2, 0.25) is 0 Å². The van der Waals surface area contributed by atoms with Crippen LogP contribution in [0.3, 0.4) is 0 Å². The van der Waals surface area contributed by atoms with E-state index in [1.807, 2.05) is 0 Å². The van der Waals surface area contributed by atoms with Gasteiger partial charge in [0, 0.05) is 6.20 Å². The van der Waals surface area contributed by atoms with Gasteiger partial charge in [-0.15, -0.1) is 0 Å². The molecular formula is C15H12FN3O3. The molecule has 22 heavy (non-hydrogen) atoms. The van der Waals surface area contributed by atoms with Crippen molar-refractivity contribution in [2.75, 3.05) is 5.73 Å². The number of hydrogen-bond acceptors (Lipinski definition) is 4. The number of nitrogen functional groups attached to an aromatic ring is 1. The molecule has 1 aromatic carbocycles. The number of anilines is 1. The van der Waals surface area contributed by atoms with Crippen molar-refractivity contribution in [2.24, 2.45) is 0 Å². The molecule has 0 spiro atoms. The van der Waals surface area contributed by atoms with Crippen molar-refractivity contribution >= 4 is 17.2 Å². The van der Waals surface area contributed by atoms with E-state index < -0.39 is 11.8 Å². The molecule has 2 aromatic heterocycles. The first-order valence-corrected chi connectivity index (χ1v) is 6.44. The molecule has 0 saturated heterocycles. The van der Waals surface area contributed by atoms with Crippen LogP contribution in [-0.4, -0.2) is 20.5 Å². The maximum Gasteiger partial charge on any atom is 0.356 e. The first-order valence-electron chi connectivity index (χ1n) is 6.44. The molecule has 3 rings (SSSR count). The minimum absolute atomic E-state index is 0.0695. The normalized spacial score (nSPS) is 10.8. The third-order valence-electron chi connectivity index (χ3n) is 3.16. The fraction of sp³-hybridized carbons (Fsp3) is 0.0667. The highest BCUT2D eigenvalue weighted by Crippen LogP contribution is 2.22. The van der Waals surface area contributed by atoms with Gasteiger partial charge >= 0.3 is 5.97 Å². The minimum Gasteiger partial charge on any atom is -0.483 e. The van der Waals surface area contributed by atoms with Crippen molar-refractivity contribution in [3.8, 4) is 5.75 Å². The number of nitrogens with two attached hydrogens (primary N) is 1. The Morgan fingerprint density at radius 1 is 1.32 bits per heavy atom. The Labute approximate surface area is 124 Å². The second-order valence-corrected chi connectivity index (χ2v) is 4.58. The number of fused-ring (bicyclic) bond motifs is 1. The van der Waals surface area contributed by atoms with Gasteiger partial charge in [-0.25, -0.2) is 14.2 Å². The predicted molar refractivity (Wildman–Crippen MR) is 77.3 cm³/mol. The number of hydrogen-bond donors (Lipinski definition) is 2. The van der Waals surface area contributed by atoms with Gasteiger partial charge in [-0.05, 0) is 24.3 Å². The molecule has 0 atom stereocenters. The maximum atomic E-state index is 13.5. The number of aromatic carboxylic acids is 1. The van der Waals surface area contributed by atoms with Crippen LogP contribution in [0.4, 0.5) is 10.1 Å². The third kappa shape index (κ3) is 2.32. The van der Waals surface area contributed by atoms with Crippen molar-refractivity contribution in [2.45, 2.75) is 6.61 Å². The van der Waals surface area contributed by atoms with E-state index in [1.54, 1.807) is 30.5 Å². The Morgan fingerprint density at radius 2 is 2.09 bits per heavy atom. The number of nitrogens with zero attached hydrogens (tertiary/aromatic N) is 2. The molecule has 0 aliphatic rings. The van der Waals surface area contributed by atoms with Crippen molar-refractivity contribution in [3.63, 3.8) is 0 Å². The number of carboxylic acids is 1. The van der Waals surface area contributed by atoms with Crippen LogP contribution < -0.4 is 10.5 Å². The molecule has 0 amide bonds. The molecule has 0 bridgehead atoms. The predicted octanol–water partition coefficient (Wildman–Crippen LogP) is 2.33. The lowest BCUT2D eigenvalue weighted by atomic mass is 10.3. The molecule has 0 radical (unpaired) electrons. The van der Waals surface area contributed by atoms with Gasteiger partial charge in [0.05, 0.1) is 5.69 Å². The number of benzene rings is 1. The Kier molecular flexibility index (Phi) is 3.38. The zero-order chi connectivity index (χ0) is 15.7. The summed E-state index contributed by atoms with van der Waals surface area (Å²) in [5.74, 6) is -1.29. The number of aromatic nitrogens is 2. The lowest BCUT2D eigenvalue weighted by Crippen LogP contribution is -2.03. The summed E-state index contributed by atoms with van der Waals surface area (Å²) in [7, 11) is 0. The first kappa shape index (κ1) is 13.9. The highest BCUT2D eigenvalue weighted by Gasteiger charge is 2.19. The van der Waals surface area contributed by atoms with Crippen LogP contribution in [-0.2, 0) is 6.61 Å². The van der Waals surface area contributed by atoms with E-state index in [2.05, 4.69) is 4.98 Å². The molecule has 3 aromatic rings. The highest BCUT2D eigenvalue weighted by atomic mass is 19.1. The van der Waals surface area contributed by atoms with Gasteiger partial charge in [-0.2, -0.15) is 0 Å². The van der Waals surface area contributed by atoms with Crippen LogP contribution >= 0.6 is 0 Å². The number of carbonyl (C=O) groups is 1. The lowest BCUT2D eigenvalue weighted by molar-refractivity contribution is 0.0693.